The van der Waals surface area contributed by atoms with Crippen LogP contribution < -0.4 is 5.32 Å². The molecule has 1 saturated heterocycles. The third kappa shape index (κ3) is 4.21. The van der Waals surface area contributed by atoms with Crippen molar-refractivity contribution in [2.75, 3.05) is 33.4 Å². The number of benzene rings is 1. The van der Waals surface area contributed by atoms with Gasteiger partial charge in [0.15, 0.2) is 0 Å². The lowest BCUT2D eigenvalue weighted by Gasteiger charge is -2.40. The van der Waals surface area contributed by atoms with Crippen LogP contribution >= 0.6 is 0 Å². The zero-order valence-corrected chi connectivity index (χ0v) is 13.7. The van der Waals surface area contributed by atoms with Crippen LogP contribution in [0.15, 0.2) is 30.3 Å². The highest BCUT2D eigenvalue weighted by Gasteiger charge is 2.33. The van der Waals surface area contributed by atoms with E-state index in [0.717, 1.165) is 12.0 Å². The van der Waals surface area contributed by atoms with Crippen molar-refractivity contribution < 1.29 is 14.3 Å². The zero-order chi connectivity index (χ0) is 16.0. The molecule has 0 bridgehead atoms. The second kappa shape index (κ2) is 7.61. The van der Waals surface area contributed by atoms with E-state index in [1.165, 1.54) is 0 Å². The van der Waals surface area contributed by atoms with Gasteiger partial charge in [0, 0.05) is 13.7 Å². The lowest BCUT2D eigenvalue weighted by molar-refractivity contribution is -0.0875. The Bertz CT molecular complexity index is 480. The van der Waals surface area contributed by atoms with Crippen LogP contribution in [-0.2, 0) is 9.47 Å². The Morgan fingerprint density at radius 3 is 2.82 bits per heavy atom. The lowest BCUT2D eigenvalue weighted by atomic mass is 10.0. The summed E-state index contributed by atoms with van der Waals surface area (Å²) < 4.78 is 11.0. The summed E-state index contributed by atoms with van der Waals surface area (Å²) in [5.74, 6) is 0. The Morgan fingerprint density at radius 1 is 1.45 bits per heavy atom. The fourth-order valence-electron chi connectivity index (χ4n) is 2.63. The number of hydrogen-bond donors (Lipinski definition) is 1. The first kappa shape index (κ1) is 16.8. The number of nitrogens with zero attached hydrogens (tertiary/aromatic N) is 1. The molecule has 1 aromatic carbocycles. The molecule has 2 rings (SSSR count). The average molecular weight is 306 g/mol. The summed E-state index contributed by atoms with van der Waals surface area (Å²) in [6, 6.07) is 9.69. The maximum absolute atomic E-state index is 12.6. The Kier molecular flexibility index (Phi) is 5.80. The third-order valence-electron chi connectivity index (χ3n) is 4.21. The molecule has 5 nitrogen and oxygen atoms in total. The largest absolute Gasteiger partial charge is 0.382 e. The number of nitrogens with one attached hydrogen (secondary N) is 1. The number of rotatable bonds is 5. The molecule has 0 aromatic heterocycles. The predicted molar refractivity (Wildman–Crippen MR) is 85.8 cm³/mol. The summed E-state index contributed by atoms with van der Waals surface area (Å²) in [6.07, 6.45) is 0.886. The summed E-state index contributed by atoms with van der Waals surface area (Å²) in [7, 11) is 1.64. The molecule has 1 N–H and O–H groups in total. The molecule has 0 radical (unpaired) electrons. The van der Waals surface area contributed by atoms with Gasteiger partial charge in [0.1, 0.15) is 0 Å². The van der Waals surface area contributed by atoms with E-state index in [2.05, 4.69) is 19.2 Å². The molecule has 1 heterocycles. The van der Waals surface area contributed by atoms with Gasteiger partial charge in [0.05, 0.1) is 31.4 Å². The summed E-state index contributed by atoms with van der Waals surface area (Å²) >= 11 is 0. The van der Waals surface area contributed by atoms with Crippen molar-refractivity contribution >= 4 is 6.03 Å². The number of carbonyl (C=O) groups is 1. The monoisotopic (exact) mass is 306 g/mol. The first-order valence-electron chi connectivity index (χ1n) is 7.81. The fourth-order valence-corrected chi connectivity index (χ4v) is 2.63. The van der Waals surface area contributed by atoms with E-state index in [0.29, 0.717) is 26.3 Å². The number of ether oxygens (including phenoxy) is 2. The Morgan fingerprint density at radius 2 is 2.18 bits per heavy atom. The van der Waals surface area contributed by atoms with Gasteiger partial charge in [-0.2, -0.15) is 0 Å². The smallest absolute Gasteiger partial charge is 0.318 e. The van der Waals surface area contributed by atoms with Crippen LogP contribution in [0.5, 0.6) is 0 Å². The second-order valence-electron chi connectivity index (χ2n) is 5.94. The maximum Gasteiger partial charge on any atom is 0.318 e. The van der Waals surface area contributed by atoms with Crippen LogP contribution in [0, 0.1) is 0 Å². The summed E-state index contributed by atoms with van der Waals surface area (Å²) in [5.41, 5.74) is 0.795. The van der Waals surface area contributed by atoms with Crippen molar-refractivity contribution in [2.45, 2.75) is 31.9 Å². The topological polar surface area (TPSA) is 50.8 Å². The van der Waals surface area contributed by atoms with Gasteiger partial charge in [-0.15, -0.1) is 0 Å². The van der Waals surface area contributed by atoms with Gasteiger partial charge in [-0.1, -0.05) is 37.3 Å². The van der Waals surface area contributed by atoms with Crippen molar-refractivity contribution in [1.29, 1.82) is 0 Å². The van der Waals surface area contributed by atoms with Crippen molar-refractivity contribution in [2.24, 2.45) is 0 Å². The van der Waals surface area contributed by atoms with Gasteiger partial charge >= 0.3 is 6.03 Å². The van der Waals surface area contributed by atoms with Crippen LogP contribution in [0.3, 0.4) is 0 Å². The van der Waals surface area contributed by atoms with Gasteiger partial charge < -0.3 is 19.7 Å². The molecule has 1 aliphatic heterocycles. The minimum absolute atomic E-state index is 0.0612. The SMILES string of the molecule is CC[C@@]1(C)CN(C(=O)N[C@H](COC)c2ccccc2)CCO1. The van der Waals surface area contributed by atoms with E-state index in [-0.39, 0.29) is 17.7 Å². The highest BCUT2D eigenvalue weighted by molar-refractivity contribution is 5.75. The summed E-state index contributed by atoms with van der Waals surface area (Å²) in [5, 5.41) is 3.07. The van der Waals surface area contributed by atoms with Crippen molar-refractivity contribution in [3.05, 3.63) is 35.9 Å². The molecule has 2 amide bonds. The zero-order valence-electron chi connectivity index (χ0n) is 13.7. The number of carbonyl (C=O) groups excluding carboxylic acids is 1. The molecule has 0 saturated carbocycles. The number of methoxy groups -OCH3 is 1. The van der Waals surface area contributed by atoms with E-state index in [1.54, 1.807) is 7.11 Å². The van der Waals surface area contributed by atoms with Crippen molar-refractivity contribution in [1.82, 2.24) is 10.2 Å². The van der Waals surface area contributed by atoms with Gasteiger partial charge in [-0.25, -0.2) is 4.79 Å². The minimum Gasteiger partial charge on any atom is -0.382 e. The maximum atomic E-state index is 12.6. The van der Waals surface area contributed by atoms with Crippen LogP contribution in [0.25, 0.3) is 0 Å². The van der Waals surface area contributed by atoms with E-state index in [4.69, 9.17) is 9.47 Å². The van der Waals surface area contributed by atoms with Crippen LogP contribution in [0.4, 0.5) is 4.79 Å². The molecule has 1 fully saturated rings. The number of amides is 2. The third-order valence-corrected chi connectivity index (χ3v) is 4.21. The first-order chi connectivity index (χ1) is 10.6. The van der Waals surface area contributed by atoms with E-state index in [1.807, 2.05) is 35.2 Å². The highest BCUT2D eigenvalue weighted by atomic mass is 16.5. The molecule has 22 heavy (non-hydrogen) atoms. The summed E-state index contributed by atoms with van der Waals surface area (Å²) in [6.45, 7) is 6.40. The molecule has 1 aliphatic rings. The number of hydrogen-bond acceptors (Lipinski definition) is 3. The van der Waals surface area contributed by atoms with Crippen LogP contribution in [0.2, 0.25) is 0 Å². The number of urea groups is 1. The minimum atomic E-state index is -0.251. The van der Waals surface area contributed by atoms with E-state index >= 15 is 0 Å². The molecular weight excluding hydrogens is 280 g/mol. The Labute approximate surface area is 132 Å². The second-order valence-corrected chi connectivity index (χ2v) is 5.94. The molecule has 0 aliphatic carbocycles. The normalized spacial score (nSPS) is 23.1. The average Bonchev–Trinajstić information content (AvgIpc) is 2.55. The van der Waals surface area contributed by atoms with E-state index < -0.39 is 0 Å². The van der Waals surface area contributed by atoms with Crippen molar-refractivity contribution in [3.63, 3.8) is 0 Å². The van der Waals surface area contributed by atoms with Gasteiger partial charge in [-0.3, -0.25) is 0 Å². The molecule has 5 heteroatoms. The van der Waals surface area contributed by atoms with Crippen molar-refractivity contribution in [3.8, 4) is 0 Å². The molecule has 122 valence electrons. The van der Waals surface area contributed by atoms with Gasteiger partial charge in [-0.05, 0) is 18.9 Å². The molecular formula is C17H26N2O3. The predicted octanol–water partition coefficient (Wildman–Crippen LogP) is 2.58. The van der Waals surface area contributed by atoms with Gasteiger partial charge in [0.25, 0.3) is 0 Å². The first-order valence-corrected chi connectivity index (χ1v) is 7.81. The quantitative estimate of drug-likeness (QED) is 0.909. The molecule has 0 unspecified atom stereocenters. The highest BCUT2D eigenvalue weighted by Crippen LogP contribution is 2.21. The van der Waals surface area contributed by atoms with Crippen LogP contribution in [0.1, 0.15) is 31.9 Å². The van der Waals surface area contributed by atoms with Gasteiger partial charge in [0.2, 0.25) is 0 Å². The fraction of sp³-hybridized carbons (Fsp3) is 0.588. The Balaban J connectivity index is 2.02. The molecule has 2 atom stereocenters. The number of morpholine rings is 1. The molecule has 1 aromatic rings. The lowest BCUT2D eigenvalue weighted by Crippen LogP contribution is -2.55. The van der Waals surface area contributed by atoms with E-state index in [9.17, 15) is 4.79 Å². The van der Waals surface area contributed by atoms with Crippen LogP contribution in [-0.4, -0.2) is 49.9 Å². The standard InChI is InChI=1S/C17H26N2O3/c1-4-17(2)13-19(10-11-22-17)16(20)18-15(12-21-3)14-8-6-5-7-9-14/h5-9,15H,4,10-13H2,1-3H3,(H,18,20)/t15-,17+/m1/s1. The Hall–Kier alpha value is -1.59. The molecule has 0 spiro atoms. The summed E-state index contributed by atoms with van der Waals surface area (Å²) in [4.78, 5) is 14.4.